The van der Waals surface area contributed by atoms with Crippen LogP contribution in [0.25, 0.3) is 11.1 Å². The van der Waals surface area contributed by atoms with Crippen LogP contribution in [0.5, 0.6) is 5.75 Å². The number of para-hydroxylation sites is 1. The molecule has 1 aliphatic rings. The van der Waals surface area contributed by atoms with Gasteiger partial charge in [-0.25, -0.2) is 9.59 Å². The van der Waals surface area contributed by atoms with Crippen molar-refractivity contribution in [3.63, 3.8) is 0 Å². The van der Waals surface area contributed by atoms with Crippen molar-refractivity contribution in [3.05, 3.63) is 60.4 Å². The second-order valence-corrected chi connectivity index (χ2v) is 6.36. The van der Waals surface area contributed by atoms with Crippen molar-refractivity contribution in [1.29, 1.82) is 0 Å². The maximum atomic E-state index is 9.55. The molecule has 0 bridgehead atoms. The van der Waals surface area contributed by atoms with Gasteiger partial charge in [0.25, 0.3) is 0 Å². The third-order valence-electron chi connectivity index (χ3n) is 4.45. The summed E-state index contributed by atoms with van der Waals surface area (Å²) >= 11 is 0. The lowest BCUT2D eigenvalue weighted by Gasteiger charge is -2.20. The molecule has 1 aromatic carbocycles. The molecular weight excluding hydrogens is 360 g/mol. The van der Waals surface area contributed by atoms with Gasteiger partial charge in [0, 0.05) is 41.7 Å². The highest BCUT2D eigenvalue weighted by molar-refractivity contribution is 5.89. The Morgan fingerprint density at radius 1 is 1.18 bits per heavy atom. The first kappa shape index (κ1) is 21.1. The zero-order valence-corrected chi connectivity index (χ0v) is 15.9. The summed E-state index contributed by atoms with van der Waals surface area (Å²) in [6.07, 6.45) is 7.50. The average molecular weight is 384 g/mol. The topological polar surface area (TPSA) is 100.0 Å². The van der Waals surface area contributed by atoms with E-state index in [1.165, 1.54) is 24.9 Å². The van der Waals surface area contributed by atoms with Gasteiger partial charge >= 0.3 is 11.9 Å². The number of carbonyl (C=O) groups is 2. The Morgan fingerprint density at radius 3 is 2.43 bits per heavy atom. The van der Waals surface area contributed by atoms with Crippen LogP contribution < -0.4 is 4.74 Å². The fourth-order valence-electron chi connectivity index (χ4n) is 3.14. The van der Waals surface area contributed by atoms with E-state index in [-0.39, 0.29) is 0 Å². The molecule has 148 valence electrons. The molecule has 1 saturated heterocycles. The standard InChI is InChI=1S/C17H20N2O.C4H4O4/c1-19-9-5-7-16(19)14-10-13(11-18-12-14)15-6-3-4-8-17(15)20-2;5-3(6)1-2-4(7)8/h3-4,6,8,10-12,16H,5,7,9H2,1-2H3;1-2H,(H,5,6)(H,7,8)/b;2-1+. The molecule has 7 nitrogen and oxygen atoms in total. The molecular formula is C21H24N2O5. The minimum atomic E-state index is -1.26. The van der Waals surface area contributed by atoms with E-state index in [9.17, 15) is 9.59 Å². The zero-order valence-electron chi connectivity index (χ0n) is 15.9. The number of carboxylic acids is 2. The number of likely N-dealkylation sites (tertiary alicyclic amines) is 1. The van der Waals surface area contributed by atoms with Crippen molar-refractivity contribution in [1.82, 2.24) is 9.88 Å². The molecule has 0 spiro atoms. The molecule has 2 aromatic rings. The molecule has 1 unspecified atom stereocenters. The highest BCUT2D eigenvalue weighted by atomic mass is 16.5. The molecule has 0 saturated carbocycles. The predicted octanol–water partition coefficient (Wildman–Crippen LogP) is 3.24. The van der Waals surface area contributed by atoms with Crippen LogP contribution in [0.4, 0.5) is 0 Å². The third-order valence-corrected chi connectivity index (χ3v) is 4.45. The van der Waals surface area contributed by atoms with Crippen LogP contribution in [0, 0.1) is 0 Å². The number of aromatic nitrogens is 1. The molecule has 1 aliphatic heterocycles. The Balaban J connectivity index is 0.000000300. The van der Waals surface area contributed by atoms with Crippen molar-refractivity contribution in [2.24, 2.45) is 0 Å². The molecule has 1 fully saturated rings. The van der Waals surface area contributed by atoms with Crippen LogP contribution in [0.15, 0.2) is 54.9 Å². The quantitative estimate of drug-likeness (QED) is 0.763. The monoisotopic (exact) mass is 384 g/mol. The zero-order chi connectivity index (χ0) is 20.5. The SMILES string of the molecule is COc1ccccc1-c1cncc(C2CCCN2C)c1.O=C(O)/C=C/C(=O)O. The van der Waals surface area contributed by atoms with Crippen LogP contribution in [0.3, 0.4) is 0 Å². The second kappa shape index (κ2) is 10.2. The maximum Gasteiger partial charge on any atom is 0.328 e. The number of benzene rings is 1. The normalized spacial score (nSPS) is 16.4. The van der Waals surface area contributed by atoms with E-state index in [4.69, 9.17) is 14.9 Å². The highest BCUT2D eigenvalue weighted by Gasteiger charge is 2.23. The van der Waals surface area contributed by atoms with Gasteiger partial charge in [-0.1, -0.05) is 18.2 Å². The highest BCUT2D eigenvalue weighted by Crippen LogP contribution is 2.34. The van der Waals surface area contributed by atoms with Gasteiger partial charge in [-0.3, -0.25) is 9.88 Å². The van der Waals surface area contributed by atoms with E-state index in [0.29, 0.717) is 18.2 Å². The van der Waals surface area contributed by atoms with E-state index >= 15 is 0 Å². The molecule has 0 radical (unpaired) electrons. The van der Waals surface area contributed by atoms with E-state index in [2.05, 4.69) is 29.1 Å². The predicted molar refractivity (Wildman–Crippen MR) is 105 cm³/mol. The Bertz CT molecular complexity index is 834. The van der Waals surface area contributed by atoms with Crippen molar-refractivity contribution in [2.75, 3.05) is 20.7 Å². The Hall–Kier alpha value is -3.19. The van der Waals surface area contributed by atoms with Crippen LogP contribution in [-0.4, -0.2) is 52.7 Å². The number of ether oxygens (including phenoxy) is 1. The van der Waals surface area contributed by atoms with Gasteiger partial charge in [-0.2, -0.15) is 0 Å². The van der Waals surface area contributed by atoms with Crippen LogP contribution in [0.2, 0.25) is 0 Å². The molecule has 0 aliphatic carbocycles. The fraction of sp³-hybridized carbons (Fsp3) is 0.286. The largest absolute Gasteiger partial charge is 0.496 e. The van der Waals surface area contributed by atoms with E-state index in [1.54, 1.807) is 7.11 Å². The van der Waals surface area contributed by atoms with Gasteiger partial charge in [0.15, 0.2) is 0 Å². The summed E-state index contributed by atoms with van der Waals surface area (Å²) in [7, 11) is 3.90. The Morgan fingerprint density at radius 2 is 1.86 bits per heavy atom. The second-order valence-electron chi connectivity index (χ2n) is 6.36. The first-order chi connectivity index (χ1) is 13.4. The first-order valence-electron chi connectivity index (χ1n) is 8.85. The molecule has 28 heavy (non-hydrogen) atoms. The Kier molecular flexibility index (Phi) is 7.71. The van der Waals surface area contributed by atoms with E-state index < -0.39 is 11.9 Å². The van der Waals surface area contributed by atoms with Crippen molar-refractivity contribution in [2.45, 2.75) is 18.9 Å². The van der Waals surface area contributed by atoms with Gasteiger partial charge in [0.1, 0.15) is 5.75 Å². The molecule has 7 heteroatoms. The number of methoxy groups -OCH3 is 1. The lowest BCUT2D eigenvalue weighted by Crippen LogP contribution is -2.17. The summed E-state index contributed by atoms with van der Waals surface area (Å²) in [6, 6.07) is 10.8. The molecule has 1 aromatic heterocycles. The van der Waals surface area contributed by atoms with Crippen LogP contribution in [0.1, 0.15) is 24.4 Å². The summed E-state index contributed by atoms with van der Waals surface area (Å²) in [5.74, 6) is -1.62. The Labute approximate surface area is 163 Å². The van der Waals surface area contributed by atoms with Gasteiger partial charge in [-0.15, -0.1) is 0 Å². The maximum absolute atomic E-state index is 9.55. The number of hydrogen-bond acceptors (Lipinski definition) is 5. The van der Waals surface area contributed by atoms with Crippen molar-refractivity contribution < 1.29 is 24.5 Å². The third kappa shape index (κ3) is 5.92. The van der Waals surface area contributed by atoms with E-state index in [0.717, 1.165) is 16.9 Å². The first-order valence-corrected chi connectivity index (χ1v) is 8.85. The minimum Gasteiger partial charge on any atom is -0.496 e. The summed E-state index contributed by atoms with van der Waals surface area (Å²) in [6.45, 7) is 1.17. The van der Waals surface area contributed by atoms with Gasteiger partial charge in [0.2, 0.25) is 0 Å². The molecule has 1 atom stereocenters. The number of carboxylic acid groups (broad SMARTS) is 2. The molecule has 0 amide bonds. The molecule has 2 heterocycles. The number of pyridine rings is 1. The van der Waals surface area contributed by atoms with Crippen LogP contribution >= 0.6 is 0 Å². The summed E-state index contributed by atoms with van der Waals surface area (Å²) < 4.78 is 5.45. The molecule has 3 rings (SSSR count). The van der Waals surface area contributed by atoms with Gasteiger partial charge < -0.3 is 14.9 Å². The molecule has 2 N–H and O–H groups in total. The number of nitrogens with zero attached hydrogens (tertiary/aromatic N) is 2. The van der Waals surface area contributed by atoms with E-state index in [1.807, 2.05) is 30.6 Å². The van der Waals surface area contributed by atoms with Gasteiger partial charge in [0.05, 0.1) is 7.11 Å². The van der Waals surface area contributed by atoms with Gasteiger partial charge in [-0.05, 0) is 44.1 Å². The summed E-state index contributed by atoms with van der Waals surface area (Å²) in [4.78, 5) is 25.9. The smallest absolute Gasteiger partial charge is 0.328 e. The lowest BCUT2D eigenvalue weighted by molar-refractivity contribution is -0.134. The van der Waals surface area contributed by atoms with Crippen molar-refractivity contribution >= 4 is 11.9 Å². The average Bonchev–Trinajstić information content (AvgIpc) is 3.13. The number of aliphatic carboxylic acids is 2. The minimum absolute atomic E-state index is 0.497. The summed E-state index contributed by atoms with van der Waals surface area (Å²) in [5.41, 5.74) is 3.53. The number of hydrogen-bond donors (Lipinski definition) is 2. The van der Waals surface area contributed by atoms with Crippen molar-refractivity contribution in [3.8, 4) is 16.9 Å². The lowest BCUT2D eigenvalue weighted by atomic mass is 10.0. The van der Waals surface area contributed by atoms with Crippen LogP contribution in [-0.2, 0) is 9.59 Å². The fourth-order valence-corrected chi connectivity index (χ4v) is 3.14. The number of rotatable bonds is 5. The summed E-state index contributed by atoms with van der Waals surface area (Å²) in [5, 5.41) is 15.6.